The van der Waals surface area contributed by atoms with Crippen molar-refractivity contribution in [2.75, 3.05) is 20.2 Å². The third-order valence-electron chi connectivity index (χ3n) is 4.95. The first-order chi connectivity index (χ1) is 13.1. The van der Waals surface area contributed by atoms with Gasteiger partial charge in [-0.05, 0) is 54.7 Å². The third kappa shape index (κ3) is 4.61. The summed E-state index contributed by atoms with van der Waals surface area (Å²) in [6.07, 6.45) is 2.32. The molecule has 5 nitrogen and oxygen atoms in total. The van der Waals surface area contributed by atoms with Gasteiger partial charge in [-0.25, -0.2) is 0 Å². The van der Waals surface area contributed by atoms with Crippen LogP contribution < -0.4 is 9.47 Å². The molecule has 0 bridgehead atoms. The highest BCUT2D eigenvalue weighted by molar-refractivity contribution is 5.94. The van der Waals surface area contributed by atoms with Crippen molar-refractivity contribution in [3.63, 3.8) is 0 Å². The molecule has 27 heavy (non-hydrogen) atoms. The average molecular weight is 369 g/mol. The number of aliphatic hydroxyl groups is 1. The zero-order valence-electron chi connectivity index (χ0n) is 16.0. The van der Waals surface area contributed by atoms with E-state index in [1.807, 2.05) is 48.2 Å². The number of rotatable bonds is 7. The second-order valence-electron chi connectivity index (χ2n) is 6.82. The Morgan fingerprint density at radius 2 is 1.81 bits per heavy atom. The topological polar surface area (TPSA) is 59.0 Å². The van der Waals surface area contributed by atoms with Crippen LogP contribution in [0.15, 0.2) is 42.5 Å². The normalized spacial score (nSPS) is 14.9. The molecule has 1 unspecified atom stereocenters. The van der Waals surface area contributed by atoms with Gasteiger partial charge in [-0.2, -0.15) is 0 Å². The smallest absolute Gasteiger partial charge is 0.253 e. The highest BCUT2D eigenvalue weighted by atomic mass is 16.5. The minimum absolute atomic E-state index is 0.103. The SMILES string of the molecule is CCC(O)c1ccc(OCc2ccc(C(=O)N3CCCC3)cc2)c(OC)c1. The second-order valence-corrected chi connectivity index (χ2v) is 6.82. The summed E-state index contributed by atoms with van der Waals surface area (Å²) < 4.78 is 11.3. The van der Waals surface area contributed by atoms with E-state index < -0.39 is 6.10 Å². The molecule has 1 aliphatic heterocycles. The minimum Gasteiger partial charge on any atom is -0.493 e. The molecule has 2 aromatic carbocycles. The zero-order chi connectivity index (χ0) is 19.2. The van der Waals surface area contributed by atoms with Gasteiger partial charge in [-0.15, -0.1) is 0 Å². The molecule has 0 saturated carbocycles. The number of ether oxygens (including phenoxy) is 2. The summed E-state index contributed by atoms with van der Waals surface area (Å²) in [5.74, 6) is 1.33. The predicted octanol–water partition coefficient (Wildman–Crippen LogP) is 3.95. The molecular formula is C22H27NO4. The van der Waals surface area contributed by atoms with E-state index in [0.29, 0.717) is 24.5 Å². The molecule has 0 spiro atoms. The third-order valence-corrected chi connectivity index (χ3v) is 4.95. The molecule has 2 aromatic rings. The van der Waals surface area contributed by atoms with E-state index in [9.17, 15) is 9.90 Å². The molecule has 0 radical (unpaired) electrons. The molecule has 1 atom stereocenters. The minimum atomic E-state index is -0.506. The van der Waals surface area contributed by atoms with Gasteiger partial charge in [0.05, 0.1) is 13.2 Å². The summed E-state index contributed by atoms with van der Waals surface area (Å²) >= 11 is 0. The van der Waals surface area contributed by atoms with E-state index in [-0.39, 0.29) is 5.91 Å². The lowest BCUT2D eigenvalue weighted by Gasteiger charge is -2.16. The first kappa shape index (κ1) is 19.2. The molecule has 1 aliphatic rings. The van der Waals surface area contributed by atoms with Crippen LogP contribution in [0.1, 0.15) is 53.8 Å². The first-order valence-electron chi connectivity index (χ1n) is 9.49. The molecular weight excluding hydrogens is 342 g/mol. The standard InChI is InChI=1S/C22H27NO4/c1-3-19(24)18-10-11-20(21(14-18)26-2)27-15-16-6-8-17(9-7-16)22(25)23-12-4-5-13-23/h6-11,14,19,24H,3-5,12-13,15H2,1-2H3. The lowest BCUT2D eigenvalue weighted by atomic mass is 10.1. The van der Waals surface area contributed by atoms with Crippen LogP contribution in [0.4, 0.5) is 0 Å². The van der Waals surface area contributed by atoms with Gasteiger partial charge in [-0.1, -0.05) is 25.1 Å². The van der Waals surface area contributed by atoms with E-state index in [2.05, 4.69) is 0 Å². The number of benzene rings is 2. The van der Waals surface area contributed by atoms with E-state index in [1.54, 1.807) is 13.2 Å². The van der Waals surface area contributed by atoms with Crippen LogP contribution in [-0.2, 0) is 6.61 Å². The Labute approximate surface area is 160 Å². The number of likely N-dealkylation sites (tertiary alicyclic amines) is 1. The molecule has 1 heterocycles. The van der Waals surface area contributed by atoms with Crippen molar-refractivity contribution >= 4 is 5.91 Å². The van der Waals surface area contributed by atoms with Crippen molar-refractivity contribution in [1.29, 1.82) is 0 Å². The van der Waals surface area contributed by atoms with Crippen molar-refractivity contribution in [2.24, 2.45) is 0 Å². The number of carbonyl (C=O) groups is 1. The fourth-order valence-electron chi connectivity index (χ4n) is 3.25. The van der Waals surface area contributed by atoms with Crippen LogP contribution in [0, 0.1) is 0 Å². The Kier molecular flexibility index (Phi) is 6.35. The lowest BCUT2D eigenvalue weighted by molar-refractivity contribution is 0.0792. The number of methoxy groups -OCH3 is 1. The fourth-order valence-corrected chi connectivity index (χ4v) is 3.25. The van der Waals surface area contributed by atoms with Crippen molar-refractivity contribution in [3.05, 3.63) is 59.2 Å². The maximum Gasteiger partial charge on any atom is 0.253 e. The average Bonchev–Trinajstić information content (AvgIpc) is 3.26. The Balaban J connectivity index is 1.63. The monoisotopic (exact) mass is 369 g/mol. The zero-order valence-corrected chi connectivity index (χ0v) is 16.0. The van der Waals surface area contributed by atoms with E-state index in [4.69, 9.17) is 9.47 Å². The predicted molar refractivity (Wildman–Crippen MR) is 104 cm³/mol. The molecule has 5 heteroatoms. The van der Waals surface area contributed by atoms with Crippen LogP contribution in [-0.4, -0.2) is 36.1 Å². The Morgan fingerprint density at radius 3 is 2.44 bits per heavy atom. The van der Waals surface area contributed by atoms with E-state index in [0.717, 1.165) is 42.6 Å². The molecule has 3 rings (SSSR count). The molecule has 1 saturated heterocycles. The fraction of sp³-hybridized carbons (Fsp3) is 0.409. The maximum absolute atomic E-state index is 12.4. The maximum atomic E-state index is 12.4. The quantitative estimate of drug-likeness (QED) is 0.803. The van der Waals surface area contributed by atoms with Gasteiger partial charge >= 0.3 is 0 Å². The highest BCUT2D eigenvalue weighted by Crippen LogP contribution is 2.31. The summed E-state index contributed by atoms with van der Waals surface area (Å²) in [7, 11) is 1.59. The van der Waals surface area contributed by atoms with Gasteiger partial charge in [0.1, 0.15) is 6.61 Å². The van der Waals surface area contributed by atoms with Crippen molar-refractivity contribution in [3.8, 4) is 11.5 Å². The van der Waals surface area contributed by atoms with Gasteiger partial charge in [-0.3, -0.25) is 4.79 Å². The molecule has 1 N–H and O–H groups in total. The van der Waals surface area contributed by atoms with Gasteiger partial charge in [0.15, 0.2) is 11.5 Å². The van der Waals surface area contributed by atoms with Gasteiger partial charge in [0, 0.05) is 18.7 Å². The highest BCUT2D eigenvalue weighted by Gasteiger charge is 2.19. The lowest BCUT2D eigenvalue weighted by Crippen LogP contribution is -2.27. The number of nitrogens with zero attached hydrogens (tertiary/aromatic N) is 1. The Hall–Kier alpha value is -2.53. The summed E-state index contributed by atoms with van der Waals surface area (Å²) in [6.45, 7) is 4.02. The van der Waals surface area contributed by atoms with Crippen LogP contribution in [0.2, 0.25) is 0 Å². The molecule has 144 valence electrons. The number of amides is 1. The first-order valence-corrected chi connectivity index (χ1v) is 9.49. The summed E-state index contributed by atoms with van der Waals surface area (Å²) in [5.41, 5.74) is 2.51. The van der Waals surface area contributed by atoms with Crippen LogP contribution in [0.5, 0.6) is 11.5 Å². The molecule has 0 aromatic heterocycles. The van der Waals surface area contributed by atoms with Crippen molar-refractivity contribution < 1.29 is 19.4 Å². The summed E-state index contributed by atoms with van der Waals surface area (Å²) in [4.78, 5) is 14.3. The van der Waals surface area contributed by atoms with Crippen LogP contribution in [0.25, 0.3) is 0 Å². The van der Waals surface area contributed by atoms with Gasteiger partial charge < -0.3 is 19.5 Å². The Morgan fingerprint density at radius 1 is 1.11 bits per heavy atom. The summed E-state index contributed by atoms with van der Waals surface area (Å²) in [6, 6.07) is 13.0. The van der Waals surface area contributed by atoms with Crippen molar-refractivity contribution in [1.82, 2.24) is 4.90 Å². The molecule has 1 amide bonds. The number of aliphatic hydroxyl groups excluding tert-OH is 1. The number of hydrogen-bond acceptors (Lipinski definition) is 4. The van der Waals surface area contributed by atoms with Gasteiger partial charge in [0.25, 0.3) is 5.91 Å². The second kappa shape index (κ2) is 8.91. The number of carbonyl (C=O) groups excluding carboxylic acids is 1. The number of hydrogen-bond donors (Lipinski definition) is 1. The van der Waals surface area contributed by atoms with Gasteiger partial charge in [0.2, 0.25) is 0 Å². The van der Waals surface area contributed by atoms with Crippen LogP contribution >= 0.6 is 0 Å². The Bertz CT molecular complexity index is 766. The molecule has 1 fully saturated rings. The summed E-state index contributed by atoms with van der Waals surface area (Å²) in [5, 5.41) is 9.97. The van der Waals surface area contributed by atoms with Crippen molar-refractivity contribution in [2.45, 2.75) is 38.9 Å². The van der Waals surface area contributed by atoms with Crippen LogP contribution in [0.3, 0.4) is 0 Å². The largest absolute Gasteiger partial charge is 0.493 e. The van der Waals surface area contributed by atoms with E-state index >= 15 is 0 Å². The van der Waals surface area contributed by atoms with E-state index in [1.165, 1.54) is 0 Å². The molecule has 0 aliphatic carbocycles.